The molecule has 0 N–H and O–H groups in total. The van der Waals surface area contributed by atoms with E-state index in [9.17, 15) is 0 Å². The molecular weight excluding hydrogens is 334 g/mol. The van der Waals surface area contributed by atoms with Crippen LogP contribution in [0, 0.1) is 24.2 Å². The maximum atomic E-state index is 5.63. The molecule has 0 aromatic heterocycles. The molecule has 1 aromatic rings. The highest BCUT2D eigenvalue weighted by atomic mass is 79.9. The largest absolute Gasteiger partial charge is 1.00 e. The Morgan fingerprint density at radius 2 is 1.55 bits per heavy atom. The van der Waals surface area contributed by atoms with Crippen LogP contribution in [0.4, 0.5) is 0 Å². The normalized spacial score (nSPS) is 10.0. The number of hydrogen-bond donors (Lipinski definition) is 0. The maximum Gasteiger partial charge on any atom is 0.142 e. The van der Waals surface area contributed by atoms with E-state index in [4.69, 9.17) is 6.42 Å². The monoisotopic (exact) mass is 361 g/mol. The van der Waals surface area contributed by atoms with E-state index in [1.165, 1.54) is 25.7 Å². The Bertz CT molecular complexity index is 482. The highest BCUT2D eigenvalue weighted by molar-refractivity contribution is 5.33. The minimum Gasteiger partial charge on any atom is -1.00 e. The Hall–Kier alpha value is -1.22. The van der Waals surface area contributed by atoms with Crippen LogP contribution < -0.4 is 17.0 Å². The van der Waals surface area contributed by atoms with Crippen LogP contribution in [-0.2, 0) is 0 Å². The van der Waals surface area contributed by atoms with Crippen LogP contribution in [0.2, 0.25) is 0 Å². The summed E-state index contributed by atoms with van der Waals surface area (Å²) in [7, 11) is 0. The highest BCUT2D eigenvalue weighted by Crippen LogP contribution is 2.11. The summed E-state index contributed by atoms with van der Waals surface area (Å²) in [5.41, 5.74) is 1.09. The van der Waals surface area contributed by atoms with Crippen molar-refractivity contribution in [1.29, 1.82) is 0 Å². The van der Waals surface area contributed by atoms with Gasteiger partial charge in [0, 0.05) is 5.56 Å². The standard InChI is InChI=1S/C20H28N.BrH/c1-4-7-17-21(16-6-3,18-8-5-2)19-12-15-20-13-10-9-11-14-20;/h3,9-11,13-14H,4-5,7-8,16-19H2,1-2H3;1H/q+1;/p-1. The first-order valence-corrected chi connectivity index (χ1v) is 8.09. The molecule has 0 saturated carbocycles. The molecule has 22 heavy (non-hydrogen) atoms. The van der Waals surface area contributed by atoms with Crippen LogP contribution >= 0.6 is 0 Å². The van der Waals surface area contributed by atoms with Crippen molar-refractivity contribution in [3.8, 4) is 24.2 Å². The third-order valence-electron chi connectivity index (χ3n) is 3.82. The van der Waals surface area contributed by atoms with E-state index in [0.29, 0.717) is 0 Å². The predicted molar refractivity (Wildman–Crippen MR) is 91.7 cm³/mol. The lowest BCUT2D eigenvalue weighted by atomic mass is 10.2. The summed E-state index contributed by atoms with van der Waals surface area (Å²) in [5, 5.41) is 0. The van der Waals surface area contributed by atoms with Gasteiger partial charge in [-0.15, -0.1) is 6.42 Å². The lowest BCUT2D eigenvalue weighted by Gasteiger charge is -2.35. The van der Waals surface area contributed by atoms with Crippen LogP contribution in [0.3, 0.4) is 0 Å². The van der Waals surface area contributed by atoms with Gasteiger partial charge in [-0.1, -0.05) is 50.8 Å². The number of nitrogens with zero attached hydrogens (tertiary/aromatic N) is 1. The number of quaternary nitrogens is 1. The van der Waals surface area contributed by atoms with Gasteiger partial charge >= 0.3 is 0 Å². The molecule has 1 nitrogen and oxygen atoms in total. The third-order valence-corrected chi connectivity index (χ3v) is 3.82. The van der Waals surface area contributed by atoms with Crippen LogP contribution in [-0.4, -0.2) is 30.7 Å². The summed E-state index contributed by atoms with van der Waals surface area (Å²) in [6.45, 7) is 8.41. The van der Waals surface area contributed by atoms with Crippen molar-refractivity contribution in [2.45, 2.75) is 39.5 Å². The predicted octanol–water partition coefficient (Wildman–Crippen LogP) is 1.09. The van der Waals surface area contributed by atoms with Gasteiger partial charge in [0.25, 0.3) is 0 Å². The molecule has 0 radical (unpaired) electrons. The molecule has 0 aliphatic rings. The Balaban J connectivity index is 0.00000441. The van der Waals surface area contributed by atoms with Gasteiger partial charge in [0.15, 0.2) is 0 Å². The second kappa shape index (κ2) is 12.3. The molecule has 0 heterocycles. The second-order valence-electron chi connectivity index (χ2n) is 5.68. The van der Waals surface area contributed by atoms with E-state index in [2.05, 4.69) is 43.7 Å². The van der Waals surface area contributed by atoms with Crippen molar-refractivity contribution in [3.05, 3.63) is 35.9 Å². The van der Waals surface area contributed by atoms with Crippen LogP contribution in [0.25, 0.3) is 0 Å². The van der Waals surface area contributed by atoms with Crippen LogP contribution in [0.1, 0.15) is 45.1 Å². The molecule has 0 spiro atoms. The molecule has 0 bridgehead atoms. The molecule has 0 saturated heterocycles. The summed E-state index contributed by atoms with van der Waals surface area (Å²) in [6.07, 6.45) is 10.5. The second-order valence-corrected chi connectivity index (χ2v) is 5.68. The van der Waals surface area contributed by atoms with Crippen LogP contribution in [0.5, 0.6) is 0 Å². The van der Waals surface area contributed by atoms with Crippen molar-refractivity contribution in [1.82, 2.24) is 0 Å². The lowest BCUT2D eigenvalue weighted by molar-refractivity contribution is -0.915. The van der Waals surface area contributed by atoms with Crippen LogP contribution in [0.15, 0.2) is 30.3 Å². The highest BCUT2D eigenvalue weighted by Gasteiger charge is 2.23. The molecule has 0 amide bonds. The fraction of sp³-hybridized carbons (Fsp3) is 0.500. The van der Waals surface area contributed by atoms with Gasteiger partial charge in [0.2, 0.25) is 0 Å². The molecular formula is C20H28BrN. The maximum absolute atomic E-state index is 5.63. The zero-order valence-corrected chi connectivity index (χ0v) is 15.5. The molecule has 1 aromatic carbocycles. The number of unbranched alkanes of at least 4 members (excludes halogenated alkanes) is 2. The van der Waals surface area contributed by atoms with Gasteiger partial charge in [0.05, 0.1) is 13.1 Å². The minimum absolute atomic E-state index is 0. The van der Waals surface area contributed by atoms with Crippen molar-refractivity contribution in [3.63, 3.8) is 0 Å². The van der Waals surface area contributed by atoms with E-state index in [1.807, 2.05) is 18.2 Å². The summed E-state index contributed by atoms with van der Waals surface area (Å²) in [6, 6.07) is 10.2. The van der Waals surface area contributed by atoms with Crippen molar-refractivity contribution >= 4 is 0 Å². The summed E-state index contributed by atoms with van der Waals surface area (Å²) in [4.78, 5) is 0. The Kier molecular flexibility index (Phi) is 11.7. The van der Waals surface area contributed by atoms with Crippen molar-refractivity contribution in [2.75, 3.05) is 26.2 Å². The SMILES string of the molecule is C#CC[N+](CC#Cc1ccccc1)(CCCC)CCCC.[Br-]. The fourth-order valence-corrected chi connectivity index (χ4v) is 2.50. The number of halogens is 1. The summed E-state index contributed by atoms with van der Waals surface area (Å²) >= 11 is 0. The Labute approximate surface area is 147 Å². The molecule has 1 rings (SSSR count). The van der Waals surface area contributed by atoms with Gasteiger partial charge in [0.1, 0.15) is 13.1 Å². The van der Waals surface area contributed by atoms with Gasteiger partial charge in [-0.05, 0) is 36.8 Å². The molecule has 0 aliphatic heterocycles. The first kappa shape index (κ1) is 20.8. The average Bonchev–Trinajstić information content (AvgIpc) is 2.52. The molecule has 0 atom stereocenters. The fourth-order valence-electron chi connectivity index (χ4n) is 2.50. The molecule has 0 unspecified atom stereocenters. The molecule has 2 heteroatoms. The summed E-state index contributed by atoms with van der Waals surface area (Å²) < 4.78 is 0.956. The molecule has 0 aliphatic carbocycles. The zero-order valence-electron chi connectivity index (χ0n) is 13.9. The number of rotatable bonds is 8. The average molecular weight is 362 g/mol. The van der Waals surface area contributed by atoms with Gasteiger partial charge in [-0.3, -0.25) is 0 Å². The van der Waals surface area contributed by atoms with Gasteiger partial charge in [-0.2, -0.15) is 0 Å². The minimum atomic E-state index is 0. The quantitative estimate of drug-likeness (QED) is 0.480. The van der Waals surface area contributed by atoms with E-state index in [-0.39, 0.29) is 17.0 Å². The Morgan fingerprint density at radius 1 is 0.955 bits per heavy atom. The first-order chi connectivity index (χ1) is 10.3. The topological polar surface area (TPSA) is 0 Å². The zero-order chi connectivity index (χ0) is 15.4. The van der Waals surface area contributed by atoms with Crippen molar-refractivity contribution in [2.24, 2.45) is 0 Å². The number of terminal acetylenes is 1. The van der Waals surface area contributed by atoms with E-state index in [0.717, 1.165) is 36.2 Å². The molecule has 0 fully saturated rings. The number of hydrogen-bond acceptors (Lipinski definition) is 0. The smallest absolute Gasteiger partial charge is 0.142 e. The lowest BCUT2D eigenvalue weighted by Crippen LogP contribution is -3.00. The molecule has 120 valence electrons. The van der Waals surface area contributed by atoms with Gasteiger partial charge in [-0.25, -0.2) is 0 Å². The number of benzene rings is 1. The van der Waals surface area contributed by atoms with Gasteiger partial charge < -0.3 is 21.5 Å². The van der Waals surface area contributed by atoms with E-state index >= 15 is 0 Å². The third kappa shape index (κ3) is 7.69. The van der Waals surface area contributed by atoms with Crippen molar-refractivity contribution < 1.29 is 21.5 Å². The van der Waals surface area contributed by atoms with E-state index in [1.54, 1.807) is 0 Å². The first-order valence-electron chi connectivity index (χ1n) is 8.09. The van der Waals surface area contributed by atoms with E-state index < -0.39 is 0 Å². The Morgan fingerprint density at radius 3 is 2.05 bits per heavy atom. The summed E-state index contributed by atoms with van der Waals surface area (Å²) in [5.74, 6) is 9.53.